The molecule has 2 aromatic rings. The van der Waals surface area contributed by atoms with E-state index in [0.717, 1.165) is 35.5 Å². The van der Waals surface area contributed by atoms with Crippen molar-refractivity contribution >= 4 is 12.9 Å². The summed E-state index contributed by atoms with van der Waals surface area (Å²) in [5, 5.41) is 16.1. The lowest BCUT2D eigenvalue weighted by molar-refractivity contribution is 0.0988. The molecule has 7 heteroatoms. The molecule has 6 nitrogen and oxygen atoms in total. The van der Waals surface area contributed by atoms with Crippen LogP contribution in [0.1, 0.15) is 49.0 Å². The minimum atomic E-state index is -1.22. The third kappa shape index (κ3) is 11.5. The highest BCUT2D eigenvalue weighted by molar-refractivity contribution is 6.41. The maximum absolute atomic E-state index is 11.2. The second kappa shape index (κ2) is 16.7. The molecular weight excluding hydrogens is 417 g/mol. The second-order valence-electron chi connectivity index (χ2n) is 7.24. The zero-order valence-electron chi connectivity index (χ0n) is 20.3. The number of ketones is 1. The van der Waals surface area contributed by atoms with Crippen LogP contribution >= 0.6 is 0 Å². The maximum Gasteiger partial charge on any atom is 0.455 e. The fourth-order valence-electron chi connectivity index (χ4n) is 2.78. The quantitative estimate of drug-likeness (QED) is 0.271. The molecule has 0 aliphatic rings. The number of carbonyl (C=O) groups is 1. The SMILES string of the molecule is C=CCB(O)O.C=CCC(N)(CC)c1ccc(OC)cc1.CCC(=O)c1ccc(OC)cc1. The van der Waals surface area contributed by atoms with Crippen molar-refractivity contribution in [1.82, 2.24) is 0 Å². The van der Waals surface area contributed by atoms with E-state index in [1.165, 1.54) is 6.08 Å². The average molecular weight is 455 g/mol. The molecule has 0 aliphatic carbocycles. The molecule has 4 N–H and O–H groups in total. The molecule has 0 saturated carbocycles. The molecule has 0 aromatic heterocycles. The van der Waals surface area contributed by atoms with Gasteiger partial charge in [0.05, 0.1) is 14.2 Å². The van der Waals surface area contributed by atoms with E-state index in [-0.39, 0.29) is 17.6 Å². The molecule has 180 valence electrons. The minimum absolute atomic E-state index is 0.164. The number of benzene rings is 2. The molecule has 33 heavy (non-hydrogen) atoms. The van der Waals surface area contributed by atoms with Gasteiger partial charge in [0.15, 0.2) is 5.78 Å². The van der Waals surface area contributed by atoms with Crippen LogP contribution in [0.15, 0.2) is 73.8 Å². The van der Waals surface area contributed by atoms with Crippen molar-refractivity contribution < 1.29 is 24.3 Å². The monoisotopic (exact) mass is 455 g/mol. The second-order valence-corrected chi connectivity index (χ2v) is 7.24. The van der Waals surface area contributed by atoms with E-state index in [9.17, 15) is 4.79 Å². The predicted octanol–water partition coefficient (Wildman–Crippen LogP) is 4.77. The van der Waals surface area contributed by atoms with E-state index >= 15 is 0 Å². The highest BCUT2D eigenvalue weighted by Crippen LogP contribution is 2.27. The van der Waals surface area contributed by atoms with Gasteiger partial charge >= 0.3 is 7.12 Å². The highest BCUT2D eigenvalue weighted by Gasteiger charge is 2.23. The molecule has 2 aromatic carbocycles. The average Bonchev–Trinajstić information content (AvgIpc) is 2.84. The van der Waals surface area contributed by atoms with Crippen molar-refractivity contribution in [3.05, 3.63) is 85.0 Å². The van der Waals surface area contributed by atoms with Crippen molar-refractivity contribution in [2.45, 2.75) is 45.0 Å². The van der Waals surface area contributed by atoms with E-state index in [0.29, 0.717) is 6.42 Å². The van der Waals surface area contributed by atoms with Gasteiger partial charge in [0.2, 0.25) is 0 Å². The summed E-state index contributed by atoms with van der Waals surface area (Å²) in [6.07, 6.45) is 5.80. The van der Waals surface area contributed by atoms with Gasteiger partial charge in [-0.05, 0) is 61.1 Å². The molecule has 0 heterocycles. The summed E-state index contributed by atoms with van der Waals surface area (Å²) in [5.74, 6) is 1.80. The first-order chi connectivity index (χ1) is 15.7. The van der Waals surface area contributed by atoms with Crippen LogP contribution in [0.25, 0.3) is 0 Å². The molecule has 0 radical (unpaired) electrons. The molecule has 1 unspecified atom stereocenters. The highest BCUT2D eigenvalue weighted by atomic mass is 16.5. The maximum atomic E-state index is 11.2. The third-order valence-electron chi connectivity index (χ3n) is 4.92. The van der Waals surface area contributed by atoms with E-state index < -0.39 is 7.12 Å². The summed E-state index contributed by atoms with van der Waals surface area (Å²) < 4.78 is 10.1. The molecule has 0 aliphatic heterocycles. The number of methoxy groups -OCH3 is 2. The van der Waals surface area contributed by atoms with Crippen LogP contribution in [-0.2, 0) is 5.54 Å². The lowest BCUT2D eigenvalue weighted by atomic mass is 9.85. The summed E-state index contributed by atoms with van der Waals surface area (Å²) in [7, 11) is 2.05. The Bertz CT molecular complexity index is 822. The Morgan fingerprint density at radius 2 is 1.45 bits per heavy atom. The van der Waals surface area contributed by atoms with Crippen LogP contribution in [0, 0.1) is 0 Å². The number of Topliss-reactive ketones (excluding diaryl/α,β-unsaturated/α-hetero) is 1. The molecule has 0 fully saturated rings. The van der Waals surface area contributed by atoms with Crippen LogP contribution in [0.5, 0.6) is 11.5 Å². The number of hydrogen-bond donors (Lipinski definition) is 3. The topological polar surface area (TPSA) is 102 Å². The number of ether oxygens (including phenoxy) is 2. The lowest BCUT2D eigenvalue weighted by Gasteiger charge is -2.27. The van der Waals surface area contributed by atoms with Crippen molar-refractivity contribution in [1.29, 1.82) is 0 Å². The minimum Gasteiger partial charge on any atom is -0.497 e. The molecule has 2 rings (SSSR count). The van der Waals surface area contributed by atoms with E-state index in [1.807, 2.05) is 37.3 Å². The van der Waals surface area contributed by atoms with Gasteiger partial charge < -0.3 is 25.3 Å². The fourth-order valence-corrected chi connectivity index (χ4v) is 2.78. The zero-order chi connectivity index (χ0) is 25.3. The van der Waals surface area contributed by atoms with Crippen LogP contribution in [0.2, 0.25) is 6.32 Å². The largest absolute Gasteiger partial charge is 0.497 e. The summed E-state index contributed by atoms with van der Waals surface area (Å²) in [6, 6.07) is 15.1. The molecule has 0 spiro atoms. The number of carbonyl (C=O) groups excluding carboxylic acids is 1. The van der Waals surface area contributed by atoms with Gasteiger partial charge in [-0.25, -0.2) is 0 Å². The summed E-state index contributed by atoms with van der Waals surface area (Å²) >= 11 is 0. The Morgan fingerprint density at radius 3 is 1.76 bits per heavy atom. The Kier molecular flexibility index (Phi) is 15.3. The van der Waals surface area contributed by atoms with E-state index in [2.05, 4.69) is 20.1 Å². The van der Waals surface area contributed by atoms with Gasteiger partial charge in [-0.1, -0.05) is 38.1 Å². The first-order valence-corrected chi connectivity index (χ1v) is 10.9. The van der Waals surface area contributed by atoms with Crippen LogP contribution in [-0.4, -0.2) is 37.2 Å². The van der Waals surface area contributed by atoms with Gasteiger partial charge in [-0.3, -0.25) is 4.79 Å². The smallest absolute Gasteiger partial charge is 0.455 e. The van der Waals surface area contributed by atoms with Gasteiger partial charge in [0, 0.05) is 17.5 Å². The Morgan fingerprint density at radius 1 is 0.970 bits per heavy atom. The van der Waals surface area contributed by atoms with Gasteiger partial charge in [0.25, 0.3) is 0 Å². The molecule has 0 saturated heterocycles. The van der Waals surface area contributed by atoms with Crippen LogP contribution in [0.3, 0.4) is 0 Å². The molecule has 0 bridgehead atoms. The van der Waals surface area contributed by atoms with Gasteiger partial charge in [0.1, 0.15) is 11.5 Å². The predicted molar refractivity (Wildman–Crippen MR) is 137 cm³/mol. The van der Waals surface area contributed by atoms with Gasteiger partial charge in [-0.15, -0.1) is 13.2 Å². The van der Waals surface area contributed by atoms with Crippen molar-refractivity contribution in [3.63, 3.8) is 0 Å². The van der Waals surface area contributed by atoms with E-state index in [4.69, 9.17) is 25.3 Å². The standard InChI is InChI=1S/C13H19NO.C10H12O2.C3H7BO2/c1-4-10-13(14,5-2)11-6-8-12(15-3)9-7-11;1-3-10(11)8-4-6-9(12-2)7-5-8;1-2-3-4(5)6/h4,6-9H,1,5,10,14H2,2-3H3;4-7H,3H2,1-2H3;2,5-6H,1,3H2. The van der Waals surface area contributed by atoms with Crippen molar-refractivity contribution in [2.24, 2.45) is 5.73 Å². The number of allylic oxidation sites excluding steroid dienone is 1. The number of hydrogen-bond acceptors (Lipinski definition) is 6. The Labute approximate surface area is 198 Å². The van der Waals surface area contributed by atoms with Crippen LogP contribution in [0.4, 0.5) is 0 Å². The van der Waals surface area contributed by atoms with E-state index in [1.54, 1.807) is 38.5 Å². The van der Waals surface area contributed by atoms with Gasteiger partial charge in [-0.2, -0.15) is 0 Å². The first kappa shape index (κ1) is 30.1. The van der Waals surface area contributed by atoms with Crippen molar-refractivity contribution in [3.8, 4) is 11.5 Å². The fraction of sp³-hybridized carbons (Fsp3) is 0.346. The van der Waals surface area contributed by atoms with Crippen molar-refractivity contribution in [2.75, 3.05) is 14.2 Å². The third-order valence-corrected chi connectivity index (χ3v) is 4.92. The first-order valence-electron chi connectivity index (χ1n) is 10.9. The number of nitrogens with two attached hydrogens (primary N) is 1. The Hall–Kier alpha value is -2.87. The molecule has 0 amide bonds. The lowest BCUT2D eigenvalue weighted by Crippen LogP contribution is -2.35. The normalized spacial score (nSPS) is 11.4. The zero-order valence-corrected chi connectivity index (χ0v) is 20.3. The molecule has 1 atom stereocenters. The summed E-state index contributed by atoms with van der Waals surface area (Å²) in [4.78, 5) is 11.2. The molecular formula is C26H38BNO5. The number of rotatable bonds is 10. The summed E-state index contributed by atoms with van der Waals surface area (Å²) in [6.45, 7) is 11.0. The Balaban J connectivity index is 0.000000509. The van der Waals surface area contributed by atoms with Crippen LogP contribution < -0.4 is 15.2 Å². The summed E-state index contributed by atoms with van der Waals surface area (Å²) in [5.41, 5.74) is 7.89.